The predicted octanol–water partition coefficient (Wildman–Crippen LogP) is 4.32. The van der Waals surface area contributed by atoms with Gasteiger partial charge in [0.15, 0.2) is 0 Å². The van der Waals surface area contributed by atoms with E-state index in [2.05, 4.69) is 10.3 Å². The lowest BCUT2D eigenvalue weighted by molar-refractivity contribution is 0.0383. The van der Waals surface area contributed by atoms with Crippen molar-refractivity contribution >= 4 is 33.3 Å². The van der Waals surface area contributed by atoms with Gasteiger partial charge in [0, 0.05) is 11.7 Å². The second kappa shape index (κ2) is 7.75. The summed E-state index contributed by atoms with van der Waals surface area (Å²) in [7, 11) is 1.55. The molecule has 0 saturated carbocycles. The van der Waals surface area contributed by atoms with E-state index >= 15 is 0 Å². The van der Waals surface area contributed by atoms with Crippen LogP contribution < -0.4 is 10.1 Å². The number of esters is 1. The van der Waals surface area contributed by atoms with E-state index in [1.54, 1.807) is 19.2 Å². The molecule has 6 nitrogen and oxygen atoms in total. The second-order valence-electron chi connectivity index (χ2n) is 6.23. The van der Waals surface area contributed by atoms with Crippen LogP contribution in [0, 0.1) is 6.92 Å². The Bertz CT molecular complexity index is 993. The largest absolute Gasteiger partial charge is 0.459 e. The summed E-state index contributed by atoms with van der Waals surface area (Å²) in [6.07, 6.45) is 1.34. The number of amides is 1. The van der Waals surface area contributed by atoms with Gasteiger partial charge >= 0.3 is 5.97 Å². The summed E-state index contributed by atoms with van der Waals surface area (Å²) in [4.78, 5) is 28.5. The van der Waals surface area contributed by atoms with Crippen LogP contribution in [0.2, 0.25) is 0 Å². The Labute approximate surface area is 161 Å². The van der Waals surface area contributed by atoms with Crippen molar-refractivity contribution in [1.29, 1.82) is 0 Å². The van der Waals surface area contributed by atoms with Crippen LogP contribution in [-0.2, 0) is 4.74 Å². The Kier molecular flexibility index (Phi) is 5.41. The molecule has 1 N–H and O–H groups in total. The molecular formula is C20H20N2O4S. The van der Waals surface area contributed by atoms with Crippen molar-refractivity contribution in [3.63, 3.8) is 0 Å². The Balaban J connectivity index is 1.84. The summed E-state index contributed by atoms with van der Waals surface area (Å²) in [5.74, 6) is 0.592. The van der Waals surface area contributed by atoms with Gasteiger partial charge in [-0.1, -0.05) is 0 Å². The minimum absolute atomic E-state index is 0.161. The summed E-state index contributed by atoms with van der Waals surface area (Å²) in [5.41, 5.74) is 1.23. The van der Waals surface area contributed by atoms with Crippen LogP contribution >= 0.6 is 11.3 Å². The first-order chi connectivity index (χ1) is 12.9. The smallest absolute Gasteiger partial charge is 0.348 e. The maximum Gasteiger partial charge on any atom is 0.348 e. The average molecular weight is 384 g/mol. The number of benzene rings is 1. The summed E-state index contributed by atoms with van der Waals surface area (Å²) in [5, 5.41) is 3.52. The van der Waals surface area contributed by atoms with Gasteiger partial charge in [-0.05, 0) is 62.1 Å². The van der Waals surface area contributed by atoms with Crippen molar-refractivity contribution in [2.75, 3.05) is 7.05 Å². The van der Waals surface area contributed by atoms with Gasteiger partial charge in [0.1, 0.15) is 22.1 Å². The molecule has 7 heteroatoms. The number of pyridine rings is 1. The van der Waals surface area contributed by atoms with Gasteiger partial charge in [-0.25, -0.2) is 9.78 Å². The molecule has 1 amide bonds. The highest BCUT2D eigenvalue weighted by Crippen LogP contribution is 2.35. The third kappa shape index (κ3) is 4.09. The number of aromatic nitrogens is 1. The molecule has 140 valence electrons. The summed E-state index contributed by atoms with van der Waals surface area (Å²) < 4.78 is 12.1. The number of carbonyl (C=O) groups is 2. The van der Waals surface area contributed by atoms with E-state index in [0.717, 1.165) is 15.6 Å². The number of rotatable bonds is 5. The SMILES string of the molecule is CNC(=O)c1ccc(Oc2ccc3c(C)c(C(=O)OC(C)C)sc3c2)cn1. The minimum Gasteiger partial charge on any atom is -0.459 e. The van der Waals surface area contributed by atoms with E-state index in [1.165, 1.54) is 17.5 Å². The van der Waals surface area contributed by atoms with Gasteiger partial charge in [-0.2, -0.15) is 0 Å². The number of thiophene rings is 1. The van der Waals surface area contributed by atoms with E-state index in [-0.39, 0.29) is 18.0 Å². The molecule has 0 aliphatic heterocycles. The molecule has 0 aliphatic rings. The highest BCUT2D eigenvalue weighted by atomic mass is 32.1. The summed E-state index contributed by atoms with van der Waals surface area (Å²) in [6, 6.07) is 8.93. The molecule has 2 aromatic heterocycles. The lowest BCUT2D eigenvalue weighted by atomic mass is 10.1. The van der Waals surface area contributed by atoms with E-state index in [9.17, 15) is 9.59 Å². The van der Waals surface area contributed by atoms with Crippen molar-refractivity contribution in [1.82, 2.24) is 10.3 Å². The number of fused-ring (bicyclic) bond motifs is 1. The number of carbonyl (C=O) groups excluding carboxylic acids is 2. The first-order valence-electron chi connectivity index (χ1n) is 8.49. The summed E-state index contributed by atoms with van der Waals surface area (Å²) in [6.45, 7) is 5.57. The molecule has 0 unspecified atom stereocenters. The van der Waals surface area contributed by atoms with E-state index in [0.29, 0.717) is 22.1 Å². The molecule has 0 atom stereocenters. The van der Waals surface area contributed by atoms with Crippen LogP contribution in [0.15, 0.2) is 36.5 Å². The van der Waals surface area contributed by atoms with Crippen molar-refractivity contribution in [3.8, 4) is 11.5 Å². The molecule has 27 heavy (non-hydrogen) atoms. The second-order valence-corrected chi connectivity index (χ2v) is 7.28. The van der Waals surface area contributed by atoms with Gasteiger partial charge in [0.05, 0.1) is 12.3 Å². The molecule has 3 rings (SSSR count). The first-order valence-corrected chi connectivity index (χ1v) is 9.30. The van der Waals surface area contributed by atoms with Crippen molar-refractivity contribution in [2.45, 2.75) is 26.9 Å². The maximum atomic E-state index is 12.2. The third-order valence-electron chi connectivity index (χ3n) is 3.87. The monoisotopic (exact) mass is 384 g/mol. The Hall–Kier alpha value is -2.93. The van der Waals surface area contributed by atoms with Crippen molar-refractivity contribution in [3.05, 3.63) is 52.7 Å². The zero-order valence-electron chi connectivity index (χ0n) is 15.5. The van der Waals surface area contributed by atoms with Gasteiger partial charge in [-0.15, -0.1) is 11.3 Å². The zero-order valence-corrected chi connectivity index (χ0v) is 16.3. The van der Waals surface area contributed by atoms with Gasteiger partial charge in [0.25, 0.3) is 5.91 Å². The maximum absolute atomic E-state index is 12.2. The number of ether oxygens (including phenoxy) is 2. The van der Waals surface area contributed by atoms with Gasteiger partial charge in [-0.3, -0.25) is 4.79 Å². The predicted molar refractivity (Wildman–Crippen MR) is 105 cm³/mol. The fourth-order valence-corrected chi connectivity index (χ4v) is 3.69. The molecule has 3 aromatic rings. The number of nitrogens with one attached hydrogen (secondary N) is 1. The number of hydrogen-bond acceptors (Lipinski definition) is 6. The van der Waals surface area contributed by atoms with E-state index in [1.807, 2.05) is 39.0 Å². The van der Waals surface area contributed by atoms with Crippen LogP contribution in [0.1, 0.15) is 39.6 Å². The van der Waals surface area contributed by atoms with Crippen LogP contribution in [0.3, 0.4) is 0 Å². The Morgan fingerprint density at radius 3 is 2.52 bits per heavy atom. The highest BCUT2D eigenvalue weighted by molar-refractivity contribution is 7.21. The fraction of sp³-hybridized carbons (Fsp3) is 0.250. The third-order valence-corrected chi connectivity index (χ3v) is 5.10. The van der Waals surface area contributed by atoms with Crippen LogP contribution in [0.5, 0.6) is 11.5 Å². The number of aryl methyl sites for hydroxylation is 1. The highest BCUT2D eigenvalue weighted by Gasteiger charge is 2.18. The molecule has 0 aliphatic carbocycles. The number of nitrogens with zero attached hydrogens (tertiary/aromatic N) is 1. The van der Waals surface area contributed by atoms with Crippen LogP contribution in [-0.4, -0.2) is 30.0 Å². The van der Waals surface area contributed by atoms with Crippen LogP contribution in [0.25, 0.3) is 10.1 Å². The zero-order chi connectivity index (χ0) is 19.6. The lowest BCUT2D eigenvalue weighted by Crippen LogP contribution is -2.18. The average Bonchev–Trinajstić information content (AvgIpc) is 2.97. The van der Waals surface area contributed by atoms with Crippen molar-refractivity contribution in [2.24, 2.45) is 0 Å². The van der Waals surface area contributed by atoms with E-state index < -0.39 is 0 Å². The topological polar surface area (TPSA) is 77.5 Å². The van der Waals surface area contributed by atoms with Crippen molar-refractivity contribution < 1.29 is 19.1 Å². The minimum atomic E-state index is -0.305. The molecular weight excluding hydrogens is 364 g/mol. The molecule has 1 aromatic carbocycles. The normalized spacial score (nSPS) is 10.9. The quantitative estimate of drug-likeness (QED) is 0.663. The Morgan fingerprint density at radius 2 is 1.89 bits per heavy atom. The fourth-order valence-electron chi connectivity index (χ4n) is 2.57. The van der Waals surface area contributed by atoms with Gasteiger partial charge in [0.2, 0.25) is 0 Å². The lowest BCUT2D eigenvalue weighted by Gasteiger charge is -2.06. The first kappa shape index (κ1) is 18.8. The standard InChI is InChI=1S/C20H20N2O4S/c1-11(2)25-20(24)18-12(3)15-7-5-13(9-17(15)27-18)26-14-6-8-16(22-10-14)19(23)21-4/h5-11H,1-4H3,(H,21,23). The molecule has 0 spiro atoms. The molecule has 0 radical (unpaired) electrons. The van der Waals surface area contributed by atoms with Gasteiger partial charge < -0.3 is 14.8 Å². The Morgan fingerprint density at radius 1 is 1.15 bits per heavy atom. The number of hydrogen-bond donors (Lipinski definition) is 1. The molecule has 0 bridgehead atoms. The molecule has 2 heterocycles. The molecule has 0 fully saturated rings. The molecule has 0 saturated heterocycles. The van der Waals surface area contributed by atoms with Crippen LogP contribution in [0.4, 0.5) is 0 Å². The summed E-state index contributed by atoms with van der Waals surface area (Å²) >= 11 is 1.38. The van der Waals surface area contributed by atoms with E-state index in [4.69, 9.17) is 9.47 Å².